The molecule has 0 aliphatic rings. The van der Waals surface area contributed by atoms with E-state index in [-0.39, 0.29) is 23.2 Å². The van der Waals surface area contributed by atoms with Gasteiger partial charge in [0.05, 0.1) is 28.8 Å². The van der Waals surface area contributed by atoms with Gasteiger partial charge in [-0.1, -0.05) is 23.7 Å². The van der Waals surface area contributed by atoms with Gasteiger partial charge in [0.15, 0.2) is 0 Å². The first kappa shape index (κ1) is 14.0. The summed E-state index contributed by atoms with van der Waals surface area (Å²) < 4.78 is 13.0. The van der Waals surface area contributed by atoms with Crippen molar-refractivity contribution in [3.63, 3.8) is 0 Å². The van der Waals surface area contributed by atoms with Crippen LogP contribution in [0.3, 0.4) is 0 Å². The lowest BCUT2D eigenvalue weighted by atomic mass is 10.1. The Labute approximate surface area is 120 Å². The molecule has 3 nitrogen and oxygen atoms in total. The van der Waals surface area contributed by atoms with Crippen LogP contribution < -0.4 is 5.32 Å². The Morgan fingerprint density at radius 1 is 1.30 bits per heavy atom. The molecule has 0 atom stereocenters. The van der Waals surface area contributed by atoms with Crippen LogP contribution >= 0.6 is 11.6 Å². The Kier molecular flexibility index (Phi) is 4.34. The molecule has 2 rings (SSSR count). The summed E-state index contributed by atoms with van der Waals surface area (Å²) in [4.78, 5) is 11.8. The average molecular weight is 289 g/mol. The molecule has 0 unspecified atom stereocenters. The standard InChI is InChI=1S/C15H10ClFN2O/c16-13-7-11(9-18)4-5-14(13)19-15(20)8-10-2-1-3-12(17)6-10/h1-7H,8H2,(H,19,20). The predicted molar refractivity (Wildman–Crippen MR) is 74.9 cm³/mol. The number of nitrogens with one attached hydrogen (secondary N) is 1. The topological polar surface area (TPSA) is 52.9 Å². The van der Waals surface area contributed by atoms with Crippen LogP contribution in [0.15, 0.2) is 42.5 Å². The predicted octanol–water partition coefficient (Wildman–Crippen LogP) is 3.53. The summed E-state index contributed by atoms with van der Waals surface area (Å²) in [5, 5.41) is 11.6. The number of halogens is 2. The molecule has 5 heteroatoms. The Balaban J connectivity index is 2.07. The highest BCUT2D eigenvalue weighted by Gasteiger charge is 2.08. The molecule has 100 valence electrons. The molecule has 0 aliphatic heterocycles. The second kappa shape index (κ2) is 6.18. The van der Waals surface area contributed by atoms with E-state index in [4.69, 9.17) is 16.9 Å². The van der Waals surface area contributed by atoms with Gasteiger partial charge in [0, 0.05) is 0 Å². The molecule has 2 aromatic carbocycles. The molecule has 0 aromatic heterocycles. The number of anilines is 1. The van der Waals surface area contributed by atoms with Crippen molar-refractivity contribution < 1.29 is 9.18 Å². The first-order chi connectivity index (χ1) is 9.58. The molecule has 20 heavy (non-hydrogen) atoms. The first-order valence-electron chi connectivity index (χ1n) is 5.82. The van der Waals surface area contributed by atoms with Gasteiger partial charge in [-0.05, 0) is 35.9 Å². The van der Waals surface area contributed by atoms with Crippen molar-refractivity contribution in [3.8, 4) is 6.07 Å². The molecule has 0 saturated heterocycles. The number of nitrogens with zero attached hydrogens (tertiary/aromatic N) is 1. The van der Waals surface area contributed by atoms with Crippen LogP contribution in [0.5, 0.6) is 0 Å². The maximum absolute atomic E-state index is 13.0. The fourth-order valence-corrected chi connectivity index (χ4v) is 1.94. The summed E-state index contributed by atoms with van der Waals surface area (Å²) in [6.45, 7) is 0. The SMILES string of the molecule is N#Cc1ccc(NC(=O)Cc2cccc(F)c2)c(Cl)c1. The van der Waals surface area contributed by atoms with Crippen molar-refractivity contribution in [2.24, 2.45) is 0 Å². The highest BCUT2D eigenvalue weighted by molar-refractivity contribution is 6.33. The highest BCUT2D eigenvalue weighted by atomic mass is 35.5. The molecule has 1 amide bonds. The lowest BCUT2D eigenvalue weighted by molar-refractivity contribution is -0.115. The molecule has 0 spiro atoms. The van der Waals surface area contributed by atoms with Crippen molar-refractivity contribution >= 4 is 23.2 Å². The highest BCUT2D eigenvalue weighted by Crippen LogP contribution is 2.23. The van der Waals surface area contributed by atoms with E-state index in [1.807, 2.05) is 6.07 Å². The van der Waals surface area contributed by atoms with E-state index < -0.39 is 0 Å². The van der Waals surface area contributed by atoms with E-state index >= 15 is 0 Å². The number of rotatable bonds is 3. The van der Waals surface area contributed by atoms with Gasteiger partial charge in [-0.25, -0.2) is 4.39 Å². The molecule has 0 saturated carbocycles. The largest absolute Gasteiger partial charge is 0.324 e. The monoisotopic (exact) mass is 288 g/mol. The van der Waals surface area contributed by atoms with Crippen molar-refractivity contribution in [2.45, 2.75) is 6.42 Å². The molecule has 0 aliphatic carbocycles. The van der Waals surface area contributed by atoms with Gasteiger partial charge in [0.25, 0.3) is 0 Å². The number of carbonyl (C=O) groups is 1. The van der Waals surface area contributed by atoms with Crippen molar-refractivity contribution in [1.29, 1.82) is 5.26 Å². The van der Waals surface area contributed by atoms with Gasteiger partial charge in [-0.15, -0.1) is 0 Å². The second-order valence-corrected chi connectivity index (χ2v) is 4.57. The summed E-state index contributed by atoms with van der Waals surface area (Å²) >= 11 is 5.95. The molecule has 0 heterocycles. The van der Waals surface area contributed by atoms with Gasteiger partial charge in [-0.2, -0.15) is 5.26 Å². The molecule has 2 aromatic rings. The van der Waals surface area contributed by atoms with Crippen LogP contribution in [0.1, 0.15) is 11.1 Å². The van der Waals surface area contributed by atoms with Crippen LogP contribution in [-0.2, 0) is 11.2 Å². The number of hydrogen-bond acceptors (Lipinski definition) is 2. The summed E-state index contributed by atoms with van der Waals surface area (Å²) in [7, 11) is 0. The van der Waals surface area contributed by atoms with Crippen molar-refractivity contribution in [3.05, 3.63) is 64.4 Å². The van der Waals surface area contributed by atoms with Gasteiger partial charge in [-0.3, -0.25) is 4.79 Å². The Hall–Kier alpha value is -2.38. The fraction of sp³-hybridized carbons (Fsp3) is 0.0667. The van der Waals surface area contributed by atoms with Crippen LogP contribution in [0.25, 0.3) is 0 Å². The third-order valence-electron chi connectivity index (χ3n) is 2.63. The lowest BCUT2D eigenvalue weighted by Gasteiger charge is -2.07. The van der Waals surface area contributed by atoms with E-state index in [0.717, 1.165) is 0 Å². The van der Waals surface area contributed by atoms with Crippen molar-refractivity contribution in [1.82, 2.24) is 0 Å². The molecule has 1 N–H and O–H groups in total. The molecular weight excluding hydrogens is 279 g/mol. The number of amides is 1. The van der Waals surface area contributed by atoms with Gasteiger partial charge in [0.2, 0.25) is 5.91 Å². The van der Waals surface area contributed by atoms with E-state index in [9.17, 15) is 9.18 Å². The first-order valence-corrected chi connectivity index (χ1v) is 6.20. The minimum Gasteiger partial charge on any atom is -0.324 e. The van der Waals surface area contributed by atoms with E-state index in [1.54, 1.807) is 24.3 Å². The average Bonchev–Trinajstić information content (AvgIpc) is 2.41. The molecule has 0 bridgehead atoms. The Morgan fingerprint density at radius 2 is 2.10 bits per heavy atom. The minimum absolute atomic E-state index is 0.0497. The van der Waals surface area contributed by atoms with Crippen LogP contribution in [0, 0.1) is 17.1 Å². The fourth-order valence-electron chi connectivity index (χ4n) is 1.71. The minimum atomic E-state index is -0.383. The van der Waals surface area contributed by atoms with E-state index in [1.165, 1.54) is 18.2 Å². The van der Waals surface area contributed by atoms with Gasteiger partial charge < -0.3 is 5.32 Å². The summed E-state index contributed by atoms with van der Waals surface area (Å²) in [5.74, 6) is -0.686. The van der Waals surface area contributed by atoms with Crippen LogP contribution in [0.4, 0.5) is 10.1 Å². The number of carbonyl (C=O) groups excluding carboxylic acids is 1. The summed E-state index contributed by atoms with van der Waals surface area (Å²) in [6.07, 6.45) is 0.0497. The van der Waals surface area contributed by atoms with Gasteiger partial charge in [0.1, 0.15) is 5.82 Å². The smallest absolute Gasteiger partial charge is 0.228 e. The van der Waals surface area contributed by atoms with Crippen LogP contribution in [-0.4, -0.2) is 5.91 Å². The zero-order valence-electron chi connectivity index (χ0n) is 10.4. The number of nitriles is 1. The Bertz CT molecular complexity index is 695. The third-order valence-corrected chi connectivity index (χ3v) is 2.94. The van der Waals surface area contributed by atoms with Crippen LogP contribution in [0.2, 0.25) is 5.02 Å². The lowest BCUT2D eigenvalue weighted by Crippen LogP contribution is -2.14. The maximum Gasteiger partial charge on any atom is 0.228 e. The summed E-state index contributed by atoms with van der Waals surface area (Å²) in [5.41, 5.74) is 1.41. The zero-order valence-corrected chi connectivity index (χ0v) is 11.1. The number of benzene rings is 2. The second-order valence-electron chi connectivity index (χ2n) is 4.16. The van der Waals surface area contributed by atoms with E-state index in [0.29, 0.717) is 16.8 Å². The van der Waals surface area contributed by atoms with Crippen molar-refractivity contribution in [2.75, 3.05) is 5.32 Å². The van der Waals surface area contributed by atoms with E-state index in [2.05, 4.69) is 5.32 Å². The maximum atomic E-state index is 13.0. The molecule has 0 radical (unpaired) electrons. The third kappa shape index (κ3) is 3.56. The Morgan fingerprint density at radius 3 is 2.75 bits per heavy atom. The normalized spacial score (nSPS) is 9.85. The summed E-state index contributed by atoms with van der Waals surface area (Å²) in [6, 6.07) is 12.4. The number of hydrogen-bond donors (Lipinski definition) is 1. The van der Waals surface area contributed by atoms with Gasteiger partial charge >= 0.3 is 0 Å². The molecule has 0 fully saturated rings. The zero-order chi connectivity index (χ0) is 14.5. The quantitative estimate of drug-likeness (QED) is 0.939. The molecular formula is C15H10ClFN2O.